The van der Waals surface area contributed by atoms with Crippen LogP contribution in [0.4, 0.5) is 11.5 Å². The van der Waals surface area contributed by atoms with Gasteiger partial charge in [-0.3, -0.25) is 14.0 Å². The van der Waals surface area contributed by atoms with Crippen LogP contribution in [-0.4, -0.2) is 44.3 Å². The van der Waals surface area contributed by atoms with Crippen molar-refractivity contribution in [3.05, 3.63) is 78.1 Å². The van der Waals surface area contributed by atoms with Crippen molar-refractivity contribution < 1.29 is 9.59 Å². The fraction of sp³-hybridized carbons (Fsp3) is 0.308. The summed E-state index contributed by atoms with van der Waals surface area (Å²) in [6.07, 6.45) is 8.89. The van der Waals surface area contributed by atoms with E-state index in [9.17, 15) is 9.59 Å². The molecule has 0 atom stereocenters. The molecule has 1 aromatic carbocycles. The molecule has 0 bridgehead atoms. The molecule has 0 saturated carbocycles. The number of aromatic nitrogens is 4. The zero-order valence-electron chi connectivity index (χ0n) is 20.4. The summed E-state index contributed by atoms with van der Waals surface area (Å²) in [5.41, 5.74) is 4.25. The molecule has 9 heteroatoms. The van der Waals surface area contributed by atoms with Gasteiger partial charge in [0.2, 0.25) is 5.91 Å². The van der Waals surface area contributed by atoms with E-state index in [-0.39, 0.29) is 11.8 Å². The highest BCUT2D eigenvalue weighted by molar-refractivity contribution is 5.94. The summed E-state index contributed by atoms with van der Waals surface area (Å²) in [4.78, 5) is 35.0. The molecular formula is C26H31N7O2. The molecule has 0 aliphatic heterocycles. The number of aryl methyl sites for hydroxylation is 2. The number of nitrogens with one attached hydrogen (secondary N) is 2. The van der Waals surface area contributed by atoms with Gasteiger partial charge >= 0.3 is 0 Å². The fourth-order valence-corrected chi connectivity index (χ4v) is 4.09. The first-order chi connectivity index (χ1) is 16.9. The number of carbonyl (C=O) groups excluding carboxylic acids is 2. The first kappa shape index (κ1) is 24.0. The number of pyridine rings is 1. The summed E-state index contributed by atoms with van der Waals surface area (Å²) in [5, 5.41) is 5.79. The number of carbonyl (C=O) groups is 2. The van der Waals surface area contributed by atoms with Crippen molar-refractivity contribution in [1.29, 1.82) is 0 Å². The van der Waals surface area contributed by atoms with Crippen LogP contribution in [0.25, 0.3) is 5.65 Å². The number of rotatable bonds is 10. The van der Waals surface area contributed by atoms with Crippen LogP contribution in [0.1, 0.15) is 41.9 Å². The number of anilines is 2. The molecule has 4 aromatic rings. The van der Waals surface area contributed by atoms with Crippen LogP contribution in [0, 0.1) is 0 Å². The number of imidazole rings is 2. The zero-order chi connectivity index (χ0) is 24.8. The van der Waals surface area contributed by atoms with Crippen molar-refractivity contribution in [3.63, 3.8) is 0 Å². The molecule has 0 saturated heterocycles. The minimum atomic E-state index is -0.105. The third-order valence-electron chi connectivity index (χ3n) is 5.75. The van der Waals surface area contributed by atoms with Crippen LogP contribution < -0.4 is 15.5 Å². The maximum Gasteiger partial charge on any atom is 0.252 e. The minimum absolute atomic E-state index is 0.0915. The first-order valence-electron chi connectivity index (χ1n) is 11.8. The number of benzene rings is 1. The van der Waals surface area contributed by atoms with Crippen LogP contribution in [0.2, 0.25) is 0 Å². The second-order valence-electron chi connectivity index (χ2n) is 8.53. The average molecular weight is 474 g/mol. The summed E-state index contributed by atoms with van der Waals surface area (Å²) in [6, 6.07) is 11.5. The molecule has 0 aliphatic carbocycles. The number of hydrogen-bond donors (Lipinski definition) is 2. The van der Waals surface area contributed by atoms with E-state index in [2.05, 4.69) is 27.4 Å². The van der Waals surface area contributed by atoms with Gasteiger partial charge in [-0.05, 0) is 42.7 Å². The van der Waals surface area contributed by atoms with Crippen molar-refractivity contribution in [2.45, 2.75) is 39.8 Å². The lowest BCUT2D eigenvalue weighted by Crippen LogP contribution is -2.25. The summed E-state index contributed by atoms with van der Waals surface area (Å²) in [7, 11) is 2.02. The van der Waals surface area contributed by atoms with E-state index < -0.39 is 0 Å². The monoisotopic (exact) mass is 473 g/mol. The van der Waals surface area contributed by atoms with E-state index in [0.29, 0.717) is 18.7 Å². The van der Waals surface area contributed by atoms with E-state index in [1.165, 1.54) is 6.92 Å². The molecule has 3 heterocycles. The Kier molecular flexibility index (Phi) is 7.45. The van der Waals surface area contributed by atoms with E-state index in [4.69, 9.17) is 4.98 Å². The Morgan fingerprint density at radius 2 is 1.91 bits per heavy atom. The van der Waals surface area contributed by atoms with Crippen LogP contribution in [0.5, 0.6) is 0 Å². The fourth-order valence-electron chi connectivity index (χ4n) is 4.09. The van der Waals surface area contributed by atoms with E-state index >= 15 is 0 Å². The molecule has 9 nitrogen and oxygen atoms in total. The number of fused-ring (bicyclic) bond motifs is 1. The van der Waals surface area contributed by atoms with Crippen molar-refractivity contribution in [2.75, 3.05) is 23.8 Å². The van der Waals surface area contributed by atoms with Gasteiger partial charge in [0, 0.05) is 57.9 Å². The van der Waals surface area contributed by atoms with Gasteiger partial charge in [0.15, 0.2) is 0 Å². The summed E-state index contributed by atoms with van der Waals surface area (Å²) in [5.74, 6) is 0.765. The zero-order valence-corrected chi connectivity index (χ0v) is 20.4. The number of amides is 2. The lowest BCUT2D eigenvalue weighted by molar-refractivity contribution is -0.114. The Morgan fingerprint density at radius 3 is 2.60 bits per heavy atom. The van der Waals surface area contributed by atoms with Gasteiger partial charge in [-0.25, -0.2) is 9.97 Å². The van der Waals surface area contributed by atoms with Crippen molar-refractivity contribution in [3.8, 4) is 0 Å². The highest BCUT2D eigenvalue weighted by Gasteiger charge is 2.17. The number of hydrogen-bond acceptors (Lipinski definition) is 5. The Labute approximate surface area is 204 Å². The molecule has 0 radical (unpaired) electrons. The van der Waals surface area contributed by atoms with Crippen LogP contribution in [-0.2, 0) is 24.3 Å². The predicted octanol–water partition coefficient (Wildman–Crippen LogP) is 3.51. The van der Waals surface area contributed by atoms with E-state index in [0.717, 1.165) is 47.8 Å². The van der Waals surface area contributed by atoms with Crippen molar-refractivity contribution >= 4 is 29.0 Å². The van der Waals surface area contributed by atoms with Crippen molar-refractivity contribution in [1.82, 2.24) is 24.3 Å². The molecule has 3 aromatic heterocycles. The average Bonchev–Trinajstić information content (AvgIpc) is 3.49. The van der Waals surface area contributed by atoms with Gasteiger partial charge in [0.25, 0.3) is 5.91 Å². The second kappa shape index (κ2) is 10.9. The molecular weight excluding hydrogens is 442 g/mol. The maximum absolute atomic E-state index is 12.8. The standard InChI is InChI=1S/C26H31N7O2/c1-4-23-26(31(3)16-20-6-9-22(10-7-20)29-19(2)34)33-17-21(8-11-24(33)30-23)25(35)28-12-5-14-32-15-13-27-18-32/h6-11,13,15,17-18H,4-5,12,14,16H2,1-3H3,(H,28,35)(H,29,34). The van der Waals surface area contributed by atoms with Gasteiger partial charge in [0.1, 0.15) is 11.5 Å². The molecule has 0 fully saturated rings. The maximum atomic E-state index is 12.8. The van der Waals surface area contributed by atoms with Gasteiger partial charge in [-0.15, -0.1) is 0 Å². The molecule has 182 valence electrons. The summed E-state index contributed by atoms with van der Waals surface area (Å²) in [6.45, 7) is 5.62. The SMILES string of the molecule is CCc1nc2ccc(C(=O)NCCCn3ccnc3)cn2c1N(C)Cc1ccc(NC(C)=O)cc1. The number of nitrogens with zero attached hydrogens (tertiary/aromatic N) is 5. The quantitative estimate of drug-likeness (QED) is 0.344. The summed E-state index contributed by atoms with van der Waals surface area (Å²) >= 11 is 0. The largest absolute Gasteiger partial charge is 0.355 e. The van der Waals surface area contributed by atoms with E-state index in [1.54, 1.807) is 12.5 Å². The van der Waals surface area contributed by atoms with Gasteiger partial charge in [0.05, 0.1) is 17.6 Å². The third kappa shape index (κ3) is 5.87. The Bertz CT molecular complexity index is 1290. The molecule has 0 aliphatic rings. The van der Waals surface area contributed by atoms with Gasteiger partial charge in [-0.2, -0.15) is 0 Å². The normalized spacial score (nSPS) is 10.9. The topological polar surface area (TPSA) is 96.6 Å². The molecule has 0 spiro atoms. The minimum Gasteiger partial charge on any atom is -0.355 e. The molecule has 2 amide bonds. The molecule has 4 rings (SSSR count). The summed E-state index contributed by atoms with van der Waals surface area (Å²) < 4.78 is 3.98. The smallest absolute Gasteiger partial charge is 0.252 e. The molecule has 0 unspecified atom stereocenters. The van der Waals surface area contributed by atoms with Crippen molar-refractivity contribution in [2.24, 2.45) is 0 Å². The Hall–Kier alpha value is -4.14. The third-order valence-corrected chi connectivity index (χ3v) is 5.75. The van der Waals surface area contributed by atoms with E-state index in [1.807, 2.05) is 64.8 Å². The van der Waals surface area contributed by atoms with Gasteiger partial charge < -0.3 is 20.1 Å². The first-order valence-corrected chi connectivity index (χ1v) is 11.8. The Balaban J connectivity index is 1.48. The molecule has 35 heavy (non-hydrogen) atoms. The highest BCUT2D eigenvalue weighted by atomic mass is 16.2. The lowest BCUT2D eigenvalue weighted by atomic mass is 10.2. The van der Waals surface area contributed by atoms with Crippen LogP contribution in [0.3, 0.4) is 0 Å². The van der Waals surface area contributed by atoms with Gasteiger partial charge in [-0.1, -0.05) is 19.1 Å². The molecule has 2 N–H and O–H groups in total. The van der Waals surface area contributed by atoms with Crippen LogP contribution >= 0.6 is 0 Å². The Morgan fingerprint density at radius 1 is 1.11 bits per heavy atom. The lowest BCUT2D eigenvalue weighted by Gasteiger charge is -2.20. The highest BCUT2D eigenvalue weighted by Crippen LogP contribution is 2.25. The predicted molar refractivity (Wildman–Crippen MR) is 137 cm³/mol. The second-order valence-corrected chi connectivity index (χ2v) is 8.53. The van der Waals surface area contributed by atoms with Crippen LogP contribution in [0.15, 0.2) is 61.3 Å².